The summed E-state index contributed by atoms with van der Waals surface area (Å²) in [6, 6.07) is 15.9. The molecule has 0 fully saturated rings. The zero-order chi connectivity index (χ0) is 11.0. The maximum Gasteiger partial charge on any atom is 0.293 e. The molecule has 2 nitrogen and oxygen atoms in total. The highest BCUT2D eigenvalue weighted by atomic mass is 35.5. The molecule has 16 heavy (non-hydrogen) atoms. The molecule has 2 aromatic carbocycles. The van der Waals surface area contributed by atoms with Crippen molar-refractivity contribution >= 4 is 22.7 Å². The molecular weight excluding hydrogens is 222 g/mol. The summed E-state index contributed by atoms with van der Waals surface area (Å²) in [5.41, 5.74) is 3.66. The van der Waals surface area contributed by atoms with E-state index in [2.05, 4.69) is 4.98 Å². The molecule has 0 bridgehead atoms. The first-order valence-corrected chi connectivity index (χ1v) is 5.33. The van der Waals surface area contributed by atoms with E-state index in [0.29, 0.717) is 5.58 Å². The van der Waals surface area contributed by atoms with Crippen LogP contribution in [-0.4, -0.2) is 4.98 Å². The third-order valence-corrected chi connectivity index (χ3v) is 2.64. The molecule has 0 saturated heterocycles. The fraction of sp³-hybridized carbons (Fsp3) is 0. The van der Waals surface area contributed by atoms with Crippen molar-refractivity contribution in [3.63, 3.8) is 0 Å². The van der Waals surface area contributed by atoms with Gasteiger partial charge >= 0.3 is 0 Å². The Kier molecular flexibility index (Phi) is 2.15. The fourth-order valence-electron chi connectivity index (χ4n) is 1.77. The van der Waals surface area contributed by atoms with E-state index in [0.717, 1.165) is 16.6 Å². The first kappa shape index (κ1) is 9.43. The molecule has 0 saturated carbocycles. The number of nitrogens with zero attached hydrogens (tertiary/aromatic N) is 1. The average molecular weight is 230 g/mol. The molecule has 3 aromatic rings. The van der Waals surface area contributed by atoms with Crippen molar-refractivity contribution < 1.29 is 4.42 Å². The molecule has 1 heterocycles. The SMILES string of the molecule is Clc1nc2c(-c3ccccc3)cccc2o1. The number of hydrogen-bond donors (Lipinski definition) is 0. The van der Waals surface area contributed by atoms with Gasteiger partial charge in [0.2, 0.25) is 0 Å². The second-order valence-corrected chi connectivity index (χ2v) is 3.81. The summed E-state index contributed by atoms with van der Waals surface area (Å²) in [4.78, 5) is 4.19. The summed E-state index contributed by atoms with van der Waals surface area (Å²) >= 11 is 5.76. The van der Waals surface area contributed by atoms with Gasteiger partial charge < -0.3 is 4.42 Å². The average Bonchev–Trinajstić information content (AvgIpc) is 2.70. The van der Waals surface area contributed by atoms with Crippen molar-refractivity contribution in [2.75, 3.05) is 0 Å². The lowest BCUT2D eigenvalue weighted by Crippen LogP contribution is -1.79. The van der Waals surface area contributed by atoms with Crippen molar-refractivity contribution in [1.82, 2.24) is 4.98 Å². The van der Waals surface area contributed by atoms with E-state index < -0.39 is 0 Å². The Morgan fingerprint density at radius 2 is 1.75 bits per heavy atom. The summed E-state index contributed by atoms with van der Waals surface area (Å²) < 4.78 is 5.28. The van der Waals surface area contributed by atoms with Crippen LogP contribution in [0.25, 0.3) is 22.2 Å². The quantitative estimate of drug-likeness (QED) is 0.627. The second-order valence-electron chi connectivity index (χ2n) is 3.49. The van der Waals surface area contributed by atoms with Crippen LogP contribution in [0.2, 0.25) is 5.35 Å². The normalized spacial score (nSPS) is 10.8. The Bertz CT molecular complexity index is 631. The summed E-state index contributed by atoms with van der Waals surface area (Å²) in [5.74, 6) is 0. The Hall–Kier alpha value is -1.80. The number of benzene rings is 2. The van der Waals surface area contributed by atoms with Crippen molar-refractivity contribution in [3.8, 4) is 11.1 Å². The molecule has 0 aliphatic carbocycles. The zero-order valence-electron chi connectivity index (χ0n) is 8.35. The van der Waals surface area contributed by atoms with Crippen LogP contribution >= 0.6 is 11.6 Å². The van der Waals surface area contributed by atoms with Crippen molar-refractivity contribution in [3.05, 3.63) is 53.9 Å². The van der Waals surface area contributed by atoms with Gasteiger partial charge in [0.25, 0.3) is 5.35 Å². The van der Waals surface area contributed by atoms with Gasteiger partial charge in [-0.1, -0.05) is 42.5 Å². The zero-order valence-corrected chi connectivity index (χ0v) is 9.11. The highest BCUT2D eigenvalue weighted by molar-refractivity contribution is 6.28. The van der Waals surface area contributed by atoms with Crippen LogP contribution in [0.1, 0.15) is 0 Å². The smallest absolute Gasteiger partial charge is 0.293 e. The highest BCUT2D eigenvalue weighted by Crippen LogP contribution is 2.29. The minimum atomic E-state index is 0.179. The van der Waals surface area contributed by atoms with Crippen LogP contribution in [0.3, 0.4) is 0 Å². The van der Waals surface area contributed by atoms with E-state index in [1.807, 2.05) is 48.5 Å². The van der Waals surface area contributed by atoms with E-state index >= 15 is 0 Å². The van der Waals surface area contributed by atoms with E-state index in [4.69, 9.17) is 16.0 Å². The number of para-hydroxylation sites is 1. The van der Waals surface area contributed by atoms with Gasteiger partial charge in [0.1, 0.15) is 5.52 Å². The first-order valence-electron chi connectivity index (χ1n) is 4.95. The van der Waals surface area contributed by atoms with Crippen LogP contribution < -0.4 is 0 Å². The minimum Gasteiger partial charge on any atom is -0.428 e. The third-order valence-electron chi connectivity index (χ3n) is 2.48. The van der Waals surface area contributed by atoms with Crippen molar-refractivity contribution in [2.45, 2.75) is 0 Å². The predicted molar refractivity (Wildman–Crippen MR) is 64.5 cm³/mol. The summed E-state index contributed by atoms with van der Waals surface area (Å²) in [6.45, 7) is 0. The van der Waals surface area contributed by atoms with Gasteiger partial charge in [0, 0.05) is 5.56 Å². The van der Waals surface area contributed by atoms with Crippen LogP contribution in [0.4, 0.5) is 0 Å². The molecule has 0 N–H and O–H groups in total. The Morgan fingerprint density at radius 1 is 0.938 bits per heavy atom. The standard InChI is InChI=1S/C13H8ClNO/c14-13-15-12-10(7-4-8-11(12)16-13)9-5-2-1-3-6-9/h1-8H. The maximum absolute atomic E-state index is 5.76. The molecule has 3 heteroatoms. The van der Waals surface area contributed by atoms with E-state index in [-0.39, 0.29) is 5.35 Å². The molecule has 3 rings (SSSR count). The summed E-state index contributed by atoms with van der Waals surface area (Å²) in [7, 11) is 0. The monoisotopic (exact) mass is 229 g/mol. The third kappa shape index (κ3) is 1.48. The van der Waals surface area contributed by atoms with E-state index in [1.54, 1.807) is 0 Å². The fourth-order valence-corrected chi connectivity index (χ4v) is 1.94. The highest BCUT2D eigenvalue weighted by Gasteiger charge is 2.09. The molecule has 0 aliphatic rings. The van der Waals surface area contributed by atoms with Crippen LogP contribution in [-0.2, 0) is 0 Å². The van der Waals surface area contributed by atoms with Gasteiger partial charge in [0.15, 0.2) is 5.58 Å². The van der Waals surface area contributed by atoms with E-state index in [9.17, 15) is 0 Å². The van der Waals surface area contributed by atoms with Gasteiger partial charge in [-0.25, -0.2) is 0 Å². The van der Waals surface area contributed by atoms with Crippen molar-refractivity contribution in [1.29, 1.82) is 0 Å². The van der Waals surface area contributed by atoms with Gasteiger partial charge in [-0.05, 0) is 23.2 Å². The number of rotatable bonds is 1. The van der Waals surface area contributed by atoms with E-state index in [1.165, 1.54) is 0 Å². The lowest BCUT2D eigenvalue weighted by atomic mass is 10.0. The molecule has 0 spiro atoms. The Labute approximate surface area is 97.5 Å². The lowest BCUT2D eigenvalue weighted by Gasteiger charge is -2.00. The minimum absolute atomic E-state index is 0.179. The molecule has 0 unspecified atom stereocenters. The molecule has 78 valence electrons. The number of aromatic nitrogens is 1. The largest absolute Gasteiger partial charge is 0.428 e. The Balaban J connectivity index is 2.31. The second kappa shape index (κ2) is 3.65. The number of oxazole rings is 1. The first-order chi connectivity index (χ1) is 7.84. The molecule has 0 amide bonds. The molecule has 0 atom stereocenters. The molecule has 1 aromatic heterocycles. The van der Waals surface area contributed by atoms with Crippen LogP contribution in [0.5, 0.6) is 0 Å². The maximum atomic E-state index is 5.76. The number of halogens is 1. The summed E-state index contributed by atoms with van der Waals surface area (Å²) in [6.07, 6.45) is 0. The van der Waals surface area contributed by atoms with Crippen molar-refractivity contribution in [2.24, 2.45) is 0 Å². The predicted octanol–water partition coefficient (Wildman–Crippen LogP) is 4.15. The van der Waals surface area contributed by atoms with Gasteiger partial charge in [-0.15, -0.1) is 0 Å². The summed E-state index contributed by atoms with van der Waals surface area (Å²) in [5, 5.41) is 0.179. The molecular formula is C13H8ClNO. The van der Waals surface area contributed by atoms with Gasteiger partial charge in [-0.2, -0.15) is 4.98 Å². The van der Waals surface area contributed by atoms with Crippen LogP contribution in [0.15, 0.2) is 52.9 Å². The topological polar surface area (TPSA) is 26.0 Å². The molecule has 0 radical (unpaired) electrons. The van der Waals surface area contributed by atoms with Gasteiger partial charge in [0.05, 0.1) is 0 Å². The van der Waals surface area contributed by atoms with Crippen LogP contribution in [0, 0.1) is 0 Å². The molecule has 0 aliphatic heterocycles. The lowest BCUT2D eigenvalue weighted by molar-refractivity contribution is 0.604. The number of hydrogen-bond acceptors (Lipinski definition) is 2. The Morgan fingerprint density at radius 3 is 2.56 bits per heavy atom. The van der Waals surface area contributed by atoms with Gasteiger partial charge in [-0.3, -0.25) is 0 Å². The number of fused-ring (bicyclic) bond motifs is 1.